The second kappa shape index (κ2) is 6.23. The average Bonchev–Trinajstić information content (AvgIpc) is 3.03. The van der Waals surface area contributed by atoms with Gasteiger partial charge in [-0.3, -0.25) is 4.79 Å². The molecule has 0 atom stereocenters. The first kappa shape index (κ1) is 13.4. The summed E-state index contributed by atoms with van der Waals surface area (Å²) in [5, 5.41) is 5.20. The van der Waals surface area contributed by atoms with Crippen LogP contribution in [0.2, 0.25) is 0 Å². The highest BCUT2D eigenvalue weighted by atomic mass is 32.1. The fourth-order valence-corrected chi connectivity index (χ4v) is 3.60. The Morgan fingerprint density at radius 3 is 2.60 bits per heavy atom. The molecule has 0 spiro atoms. The van der Waals surface area contributed by atoms with E-state index in [4.69, 9.17) is 0 Å². The summed E-state index contributed by atoms with van der Waals surface area (Å²) in [6.07, 6.45) is 5.71. The van der Waals surface area contributed by atoms with Crippen LogP contribution in [0, 0.1) is 5.92 Å². The van der Waals surface area contributed by atoms with Crippen LogP contribution in [0.25, 0.3) is 10.4 Å². The van der Waals surface area contributed by atoms with Crippen molar-refractivity contribution in [3.05, 3.63) is 41.8 Å². The molecule has 2 nitrogen and oxygen atoms in total. The van der Waals surface area contributed by atoms with Gasteiger partial charge in [0.15, 0.2) is 0 Å². The molecule has 3 rings (SSSR count). The topological polar surface area (TPSA) is 29.1 Å². The average molecular weight is 285 g/mol. The van der Waals surface area contributed by atoms with Crippen LogP contribution in [0.4, 0.5) is 5.69 Å². The van der Waals surface area contributed by atoms with Crippen LogP contribution in [0.1, 0.15) is 32.1 Å². The first-order chi connectivity index (χ1) is 9.84. The van der Waals surface area contributed by atoms with Gasteiger partial charge in [-0.2, -0.15) is 0 Å². The molecular weight excluding hydrogens is 266 g/mol. The number of hydrogen-bond donors (Lipinski definition) is 1. The minimum atomic E-state index is 0.189. The number of amides is 1. The van der Waals surface area contributed by atoms with Crippen molar-refractivity contribution in [1.29, 1.82) is 0 Å². The molecule has 104 valence electrons. The molecule has 1 aliphatic rings. The smallest absolute Gasteiger partial charge is 0.227 e. The van der Waals surface area contributed by atoms with E-state index in [2.05, 4.69) is 22.8 Å². The molecular formula is C17H19NOS. The van der Waals surface area contributed by atoms with E-state index >= 15 is 0 Å². The molecule has 1 amide bonds. The van der Waals surface area contributed by atoms with Gasteiger partial charge in [-0.05, 0) is 30.4 Å². The van der Waals surface area contributed by atoms with E-state index in [0.717, 1.165) is 24.1 Å². The molecule has 20 heavy (non-hydrogen) atoms. The van der Waals surface area contributed by atoms with E-state index in [0.29, 0.717) is 0 Å². The number of thiophene rings is 1. The number of hydrogen-bond acceptors (Lipinski definition) is 2. The van der Waals surface area contributed by atoms with Crippen molar-refractivity contribution in [2.24, 2.45) is 5.92 Å². The Kier molecular flexibility index (Phi) is 4.16. The Morgan fingerprint density at radius 2 is 1.85 bits per heavy atom. The van der Waals surface area contributed by atoms with E-state index < -0.39 is 0 Å². The van der Waals surface area contributed by atoms with Crippen molar-refractivity contribution >= 4 is 22.9 Å². The Hall–Kier alpha value is -1.61. The van der Waals surface area contributed by atoms with Crippen molar-refractivity contribution in [3.63, 3.8) is 0 Å². The molecule has 1 saturated carbocycles. The fourth-order valence-electron chi connectivity index (χ4n) is 2.84. The first-order valence-electron chi connectivity index (χ1n) is 7.28. The molecule has 3 heteroatoms. The highest BCUT2D eigenvalue weighted by Gasteiger charge is 2.21. The number of nitrogens with one attached hydrogen (secondary N) is 1. The van der Waals surface area contributed by atoms with Gasteiger partial charge in [0.1, 0.15) is 0 Å². The summed E-state index contributed by atoms with van der Waals surface area (Å²) in [4.78, 5) is 13.6. The molecule has 0 radical (unpaired) electrons. The lowest BCUT2D eigenvalue weighted by Crippen LogP contribution is -2.24. The summed E-state index contributed by atoms with van der Waals surface area (Å²) in [7, 11) is 0. The van der Waals surface area contributed by atoms with Gasteiger partial charge in [0, 0.05) is 22.0 Å². The number of carbonyl (C=O) groups excluding carboxylic acids is 1. The number of anilines is 1. The first-order valence-corrected chi connectivity index (χ1v) is 8.16. The second-order valence-electron chi connectivity index (χ2n) is 5.35. The maximum absolute atomic E-state index is 12.4. The summed E-state index contributed by atoms with van der Waals surface area (Å²) in [6.45, 7) is 0. The Balaban J connectivity index is 1.79. The van der Waals surface area contributed by atoms with Crippen molar-refractivity contribution in [3.8, 4) is 10.4 Å². The molecule has 1 aromatic heterocycles. The van der Waals surface area contributed by atoms with E-state index in [1.54, 1.807) is 11.3 Å². The predicted molar refractivity (Wildman–Crippen MR) is 85.0 cm³/mol. The van der Waals surface area contributed by atoms with Crippen LogP contribution in [0.15, 0.2) is 41.8 Å². The molecule has 0 saturated heterocycles. The molecule has 1 aliphatic carbocycles. The van der Waals surface area contributed by atoms with E-state index in [-0.39, 0.29) is 11.8 Å². The monoisotopic (exact) mass is 285 g/mol. The van der Waals surface area contributed by atoms with Gasteiger partial charge in [0.05, 0.1) is 0 Å². The SMILES string of the molecule is O=C(Nc1ccccc1-c1cccs1)C1CCCCC1. The van der Waals surface area contributed by atoms with Crippen molar-refractivity contribution < 1.29 is 4.79 Å². The molecule has 1 fully saturated rings. The minimum absolute atomic E-state index is 0.189. The lowest BCUT2D eigenvalue weighted by atomic mass is 9.88. The molecule has 0 unspecified atom stereocenters. The van der Waals surface area contributed by atoms with E-state index in [1.165, 1.54) is 24.1 Å². The standard InChI is InChI=1S/C17H19NOS/c19-17(13-7-2-1-3-8-13)18-15-10-5-4-9-14(15)16-11-6-12-20-16/h4-6,9-13H,1-3,7-8H2,(H,18,19). The van der Waals surface area contributed by atoms with E-state index in [9.17, 15) is 4.79 Å². The van der Waals surface area contributed by atoms with Gasteiger partial charge in [0.2, 0.25) is 5.91 Å². The molecule has 1 heterocycles. The van der Waals surface area contributed by atoms with Crippen molar-refractivity contribution in [2.45, 2.75) is 32.1 Å². The fraction of sp³-hybridized carbons (Fsp3) is 0.353. The molecule has 1 aromatic carbocycles. The van der Waals surface area contributed by atoms with Crippen LogP contribution < -0.4 is 5.32 Å². The summed E-state index contributed by atoms with van der Waals surface area (Å²) in [5.41, 5.74) is 2.05. The van der Waals surface area contributed by atoms with Crippen LogP contribution in [0.5, 0.6) is 0 Å². The quantitative estimate of drug-likeness (QED) is 0.850. The van der Waals surface area contributed by atoms with Gasteiger partial charge >= 0.3 is 0 Å². The molecule has 2 aromatic rings. The summed E-state index contributed by atoms with van der Waals surface area (Å²) in [5.74, 6) is 0.383. The van der Waals surface area contributed by atoms with Crippen molar-refractivity contribution in [1.82, 2.24) is 0 Å². The summed E-state index contributed by atoms with van der Waals surface area (Å²) < 4.78 is 0. The second-order valence-corrected chi connectivity index (χ2v) is 6.29. The van der Waals surface area contributed by atoms with Crippen molar-refractivity contribution in [2.75, 3.05) is 5.32 Å². The third-order valence-electron chi connectivity index (χ3n) is 3.95. The van der Waals surface area contributed by atoms with Crippen LogP contribution in [0.3, 0.4) is 0 Å². The van der Waals surface area contributed by atoms with Gasteiger partial charge in [-0.1, -0.05) is 43.5 Å². The maximum atomic E-state index is 12.4. The van der Waals surface area contributed by atoms with Gasteiger partial charge in [-0.25, -0.2) is 0 Å². The zero-order chi connectivity index (χ0) is 13.8. The maximum Gasteiger partial charge on any atom is 0.227 e. The summed E-state index contributed by atoms with van der Waals surface area (Å²) >= 11 is 1.70. The highest BCUT2D eigenvalue weighted by Crippen LogP contribution is 2.32. The van der Waals surface area contributed by atoms with Crippen LogP contribution in [-0.2, 0) is 4.79 Å². The largest absolute Gasteiger partial charge is 0.325 e. The van der Waals surface area contributed by atoms with E-state index in [1.807, 2.05) is 24.3 Å². The Morgan fingerprint density at radius 1 is 1.05 bits per heavy atom. The third kappa shape index (κ3) is 2.93. The molecule has 1 N–H and O–H groups in total. The number of carbonyl (C=O) groups is 1. The number of rotatable bonds is 3. The highest BCUT2D eigenvalue weighted by molar-refractivity contribution is 7.13. The normalized spacial score (nSPS) is 16.0. The molecule has 0 aliphatic heterocycles. The lowest BCUT2D eigenvalue weighted by Gasteiger charge is -2.21. The zero-order valence-electron chi connectivity index (χ0n) is 11.5. The zero-order valence-corrected chi connectivity index (χ0v) is 12.3. The Bertz CT molecular complexity index is 570. The predicted octanol–water partition coefficient (Wildman–Crippen LogP) is 4.93. The Labute approximate surface area is 123 Å². The minimum Gasteiger partial charge on any atom is -0.325 e. The van der Waals surface area contributed by atoms with Gasteiger partial charge in [0.25, 0.3) is 0 Å². The van der Waals surface area contributed by atoms with Gasteiger partial charge < -0.3 is 5.32 Å². The number of para-hydroxylation sites is 1. The molecule has 0 bridgehead atoms. The summed E-state index contributed by atoms with van der Waals surface area (Å²) in [6, 6.07) is 12.2. The van der Waals surface area contributed by atoms with Crippen LogP contribution in [-0.4, -0.2) is 5.91 Å². The van der Waals surface area contributed by atoms with Crippen LogP contribution >= 0.6 is 11.3 Å². The lowest BCUT2D eigenvalue weighted by molar-refractivity contribution is -0.120. The van der Waals surface area contributed by atoms with Gasteiger partial charge in [-0.15, -0.1) is 11.3 Å². The third-order valence-corrected chi connectivity index (χ3v) is 4.85. The number of benzene rings is 1.